The molecule has 4 rings (SSSR count). The number of benzene rings is 1. The highest BCUT2D eigenvalue weighted by atomic mass is 32.2. The standard InChI is InChI=1S/C19H23N3O4S/c1-24-14-3-2-4-15(9-14)25-10-18-21-22-19(26-18)27-11-17(23)20-16-8-12-5-6-13(16)7-12/h2-4,9,12-13,16H,5-8,10-11H2,1H3,(H,20,23)/t12-,13-,16+/m0/s1. The number of rotatable bonds is 8. The van der Waals surface area contributed by atoms with E-state index in [1.54, 1.807) is 13.2 Å². The van der Waals surface area contributed by atoms with Gasteiger partial charge in [-0.05, 0) is 43.2 Å². The molecule has 1 aromatic carbocycles. The third-order valence-electron chi connectivity index (χ3n) is 5.26. The number of carbonyl (C=O) groups is 1. The summed E-state index contributed by atoms with van der Waals surface area (Å²) in [5.41, 5.74) is 0. The first kappa shape index (κ1) is 18.2. The second kappa shape index (κ2) is 8.21. The van der Waals surface area contributed by atoms with Crippen molar-refractivity contribution in [3.8, 4) is 11.5 Å². The molecule has 0 spiro atoms. The zero-order valence-electron chi connectivity index (χ0n) is 15.2. The molecule has 1 aromatic heterocycles. The van der Waals surface area contributed by atoms with Crippen molar-refractivity contribution in [1.82, 2.24) is 15.5 Å². The molecule has 2 aromatic rings. The van der Waals surface area contributed by atoms with Crippen molar-refractivity contribution in [3.05, 3.63) is 30.2 Å². The molecule has 1 heterocycles. The predicted octanol–water partition coefficient (Wildman–Crippen LogP) is 3.05. The van der Waals surface area contributed by atoms with Crippen molar-refractivity contribution >= 4 is 17.7 Å². The number of methoxy groups -OCH3 is 1. The van der Waals surface area contributed by atoms with Crippen LogP contribution in [-0.4, -0.2) is 35.0 Å². The molecule has 2 bridgehead atoms. The molecule has 1 N–H and O–H groups in total. The Morgan fingerprint density at radius 1 is 1.30 bits per heavy atom. The summed E-state index contributed by atoms with van der Waals surface area (Å²) < 4.78 is 16.3. The Hall–Kier alpha value is -2.22. The summed E-state index contributed by atoms with van der Waals surface area (Å²) in [5.74, 6) is 3.55. The number of nitrogens with zero attached hydrogens (tertiary/aromatic N) is 2. The van der Waals surface area contributed by atoms with Gasteiger partial charge in [-0.15, -0.1) is 10.2 Å². The van der Waals surface area contributed by atoms with Crippen LogP contribution in [0.3, 0.4) is 0 Å². The molecule has 2 aliphatic carbocycles. The number of nitrogens with one attached hydrogen (secondary N) is 1. The Labute approximate surface area is 162 Å². The van der Waals surface area contributed by atoms with E-state index in [4.69, 9.17) is 13.9 Å². The van der Waals surface area contributed by atoms with Gasteiger partial charge in [-0.3, -0.25) is 4.79 Å². The number of aromatic nitrogens is 2. The molecule has 0 unspecified atom stereocenters. The van der Waals surface area contributed by atoms with Crippen molar-refractivity contribution in [2.75, 3.05) is 12.9 Å². The summed E-state index contributed by atoms with van der Waals surface area (Å²) in [4.78, 5) is 12.2. The first-order valence-corrected chi connectivity index (χ1v) is 10.2. The van der Waals surface area contributed by atoms with Gasteiger partial charge >= 0.3 is 0 Å². The molecule has 2 aliphatic rings. The fourth-order valence-corrected chi connectivity index (χ4v) is 4.58. The van der Waals surface area contributed by atoms with Gasteiger partial charge in [0.15, 0.2) is 6.61 Å². The quantitative estimate of drug-likeness (QED) is 0.694. The van der Waals surface area contributed by atoms with Crippen LogP contribution in [0.15, 0.2) is 33.9 Å². The van der Waals surface area contributed by atoms with Crippen LogP contribution in [-0.2, 0) is 11.4 Å². The zero-order valence-corrected chi connectivity index (χ0v) is 16.0. The van der Waals surface area contributed by atoms with Gasteiger partial charge in [0.05, 0.1) is 12.9 Å². The third-order valence-corrected chi connectivity index (χ3v) is 6.08. The smallest absolute Gasteiger partial charge is 0.277 e. The predicted molar refractivity (Wildman–Crippen MR) is 99.7 cm³/mol. The lowest BCUT2D eigenvalue weighted by Crippen LogP contribution is -2.39. The first-order chi connectivity index (χ1) is 13.2. The number of amides is 1. The van der Waals surface area contributed by atoms with E-state index in [-0.39, 0.29) is 18.3 Å². The normalized spacial score (nSPS) is 23.4. The summed E-state index contributed by atoms with van der Waals surface area (Å²) in [6.45, 7) is 0.165. The molecular formula is C19H23N3O4S. The number of thioether (sulfide) groups is 1. The van der Waals surface area contributed by atoms with E-state index in [0.29, 0.717) is 28.8 Å². The number of hydrogen-bond acceptors (Lipinski definition) is 7. The minimum Gasteiger partial charge on any atom is -0.497 e. The molecule has 3 atom stereocenters. The van der Waals surface area contributed by atoms with Gasteiger partial charge in [-0.25, -0.2) is 0 Å². The van der Waals surface area contributed by atoms with Crippen molar-refractivity contribution < 1.29 is 18.7 Å². The molecule has 2 saturated carbocycles. The third kappa shape index (κ3) is 4.55. The molecule has 8 heteroatoms. The van der Waals surface area contributed by atoms with Gasteiger partial charge in [-0.1, -0.05) is 24.2 Å². The van der Waals surface area contributed by atoms with Crippen molar-refractivity contribution in [2.45, 2.75) is 43.6 Å². The Bertz CT molecular complexity index is 797. The molecule has 27 heavy (non-hydrogen) atoms. The summed E-state index contributed by atoms with van der Waals surface area (Å²) >= 11 is 1.25. The molecule has 1 amide bonds. The number of ether oxygens (including phenoxy) is 2. The lowest BCUT2D eigenvalue weighted by atomic mass is 9.95. The Balaban J connectivity index is 1.21. The van der Waals surface area contributed by atoms with Gasteiger partial charge < -0.3 is 19.2 Å². The Kier molecular flexibility index (Phi) is 5.52. The highest BCUT2D eigenvalue weighted by Crippen LogP contribution is 2.44. The van der Waals surface area contributed by atoms with E-state index < -0.39 is 0 Å². The summed E-state index contributed by atoms with van der Waals surface area (Å²) in [7, 11) is 1.61. The second-order valence-corrected chi connectivity index (χ2v) is 7.99. The fourth-order valence-electron chi connectivity index (χ4n) is 3.99. The van der Waals surface area contributed by atoms with E-state index in [2.05, 4.69) is 15.5 Å². The Morgan fingerprint density at radius 3 is 2.96 bits per heavy atom. The van der Waals surface area contributed by atoms with Gasteiger partial charge in [0.2, 0.25) is 5.91 Å². The molecule has 7 nitrogen and oxygen atoms in total. The monoisotopic (exact) mass is 389 g/mol. The average molecular weight is 389 g/mol. The van der Waals surface area contributed by atoms with Crippen molar-refractivity contribution in [2.24, 2.45) is 11.8 Å². The van der Waals surface area contributed by atoms with Crippen LogP contribution >= 0.6 is 11.8 Å². The van der Waals surface area contributed by atoms with Crippen molar-refractivity contribution in [3.63, 3.8) is 0 Å². The van der Waals surface area contributed by atoms with Crippen LogP contribution in [0.25, 0.3) is 0 Å². The maximum atomic E-state index is 12.2. The SMILES string of the molecule is COc1cccc(OCc2nnc(SCC(=O)N[C@@H]3C[C@H]4CC[C@H]3C4)o2)c1. The van der Waals surface area contributed by atoms with Crippen LogP contribution in [0, 0.1) is 11.8 Å². The number of fused-ring (bicyclic) bond motifs is 2. The van der Waals surface area contributed by atoms with Gasteiger partial charge in [-0.2, -0.15) is 0 Å². The van der Waals surface area contributed by atoms with Gasteiger partial charge in [0.1, 0.15) is 11.5 Å². The second-order valence-electron chi connectivity index (χ2n) is 7.07. The molecule has 0 saturated heterocycles. The minimum atomic E-state index is 0.0323. The van der Waals surface area contributed by atoms with Crippen LogP contribution < -0.4 is 14.8 Å². The Morgan fingerprint density at radius 2 is 2.19 bits per heavy atom. The maximum Gasteiger partial charge on any atom is 0.277 e. The maximum absolute atomic E-state index is 12.2. The molecular weight excluding hydrogens is 366 g/mol. The minimum absolute atomic E-state index is 0.0323. The summed E-state index contributed by atoms with van der Waals surface area (Å²) in [6, 6.07) is 7.65. The van der Waals surface area contributed by atoms with E-state index in [1.165, 1.54) is 31.0 Å². The van der Waals surface area contributed by atoms with Crippen molar-refractivity contribution in [1.29, 1.82) is 0 Å². The summed E-state index contributed by atoms with van der Waals surface area (Å²) in [6.07, 6.45) is 4.99. The number of carbonyl (C=O) groups excluding carboxylic acids is 1. The van der Waals surface area contributed by atoms with E-state index in [0.717, 1.165) is 18.1 Å². The topological polar surface area (TPSA) is 86.5 Å². The van der Waals surface area contributed by atoms with Gasteiger partial charge in [0, 0.05) is 12.1 Å². The molecule has 144 valence electrons. The lowest BCUT2D eigenvalue weighted by molar-refractivity contribution is -0.119. The highest BCUT2D eigenvalue weighted by Gasteiger charge is 2.40. The highest BCUT2D eigenvalue weighted by molar-refractivity contribution is 7.99. The lowest BCUT2D eigenvalue weighted by Gasteiger charge is -2.22. The van der Waals surface area contributed by atoms with Crippen LogP contribution in [0.2, 0.25) is 0 Å². The first-order valence-electron chi connectivity index (χ1n) is 9.21. The van der Waals surface area contributed by atoms with E-state index >= 15 is 0 Å². The van der Waals surface area contributed by atoms with Crippen LogP contribution in [0.1, 0.15) is 31.6 Å². The molecule has 0 radical (unpaired) electrons. The van der Waals surface area contributed by atoms with E-state index in [1.807, 2.05) is 18.2 Å². The molecule has 2 fully saturated rings. The van der Waals surface area contributed by atoms with Crippen LogP contribution in [0.4, 0.5) is 0 Å². The zero-order chi connectivity index (χ0) is 18.6. The van der Waals surface area contributed by atoms with Crippen LogP contribution in [0.5, 0.6) is 11.5 Å². The molecule has 0 aliphatic heterocycles. The van der Waals surface area contributed by atoms with E-state index in [9.17, 15) is 4.79 Å². The largest absolute Gasteiger partial charge is 0.497 e. The fraction of sp³-hybridized carbons (Fsp3) is 0.526. The summed E-state index contributed by atoms with van der Waals surface area (Å²) in [5, 5.41) is 11.5. The van der Waals surface area contributed by atoms with Gasteiger partial charge in [0.25, 0.3) is 11.1 Å². The average Bonchev–Trinajstić information content (AvgIpc) is 3.42. The number of hydrogen-bond donors (Lipinski definition) is 1.